The number of hydrogen-bond donors (Lipinski definition) is 3. The highest BCUT2D eigenvalue weighted by Crippen LogP contribution is 2.28. The zero-order valence-electron chi connectivity index (χ0n) is 17.1. The molecule has 0 fully saturated rings. The fraction of sp³-hybridized carbons (Fsp3) is 0.350. The molecule has 3 rings (SSSR count). The first-order valence-corrected chi connectivity index (χ1v) is 9.86. The minimum Gasteiger partial charge on any atom is -0.322 e. The van der Waals surface area contributed by atoms with Gasteiger partial charge in [-0.1, -0.05) is 12.2 Å². The van der Waals surface area contributed by atoms with Gasteiger partial charge in [0.05, 0.1) is 5.92 Å². The van der Waals surface area contributed by atoms with Crippen LogP contribution in [-0.2, 0) is 4.79 Å². The van der Waals surface area contributed by atoms with Crippen molar-refractivity contribution in [3.8, 4) is 0 Å². The molecule has 0 spiro atoms. The molecule has 1 aromatic rings. The van der Waals surface area contributed by atoms with Crippen LogP contribution in [0.25, 0.3) is 0 Å². The maximum Gasteiger partial charge on any atom is 0.261 e. The number of carbonyl (C=O) groups is 2. The Hall–Kier alpha value is -3.04. The van der Waals surface area contributed by atoms with E-state index in [4.69, 9.17) is 17.4 Å². The molecule has 30 heavy (non-hydrogen) atoms. The molecule has 1 aromatic heterocycles. The third kappa shape index (κ3) is 4.92. The number of allylic oxidation sites excluding steroid dienone is 2. The first kappa shape index (κ1) is 21.7. The normalized spacial score (nSPS) is 18.5. The second-order valence-corrected chi connectivity index (χ2v) is 7.54. The van der Waals surface area contributed by atoms with E-state index < -0.39 is 5.91 Å². The molecule has 0 aromatic carbocycles. The summed E-state index contributed by atoms with van der Waals surface area (Å²) in [5.41, 5.74) is 2.55. The zero-order valence-corrected chi connectivity index (χ0v) is 17.8. The van der Waals surface area contributed by atoms with E-state index in [9.17, 15) is 9.59 Å². The Morgan fingerprint density at radius 1 is 1.30 bits per heavy atom. The molecule has 9 nitrogen and oxygen atoms in total. The average molecular weight is 430 g/mol. The molecule has 2 amide bonds. The van der Waals surface area contributed by atoms with Crippen LogP contribution in [0.2, 0.25) is 5.28 Å². The summed E-state index contributed by atoms with van der Waals surface area (Å²) < 4.78 is 0. The van der Waals surface area contributed by atoms with Crippen molar-refractivity contribution in [1.82, 2.24) is 20.6 Å². The smallest absolute Gasteiger partial charge is 0.261 e. The van der Waals surface area contributed by atoms with Crippen molar-refractivity contribution < 1.29 is 9.59 Å². The fourth-order valence-corrected chi connectivity index (χ4v) is 3.48. The predicted molar refractivity (Wildman–Crippen MR) is 116 cm³/mol. The lowest BCUT2D eigenvalue weighted by molar-refractivity contribution is -0.122. The van der Waals surface area contributed by atoms with Crippen molar-refractivity contribution >= 4 is 35.1 Å². The van der Waals surface area contributed by atoms with Gasteiger partial charge in [0.15, 0.2) is 5.82 Å². The van der Waals surface area contributed by atoms with E-state index in [1.165, 1.54) is 11.2 Å². The van der Waals surface area contributed by atoms with Gasteiger partial charge in [-0.25, -0.2) is 10.8 Å². The lowest BCUT2D eigenvalue weighted by Gasteiger charge is -2.24. The van der Waals surface area contributed by atoms with Crippen molar-refractivity contribution in [2.24, 2.45) is 16.8 Å². The molecule has 0 saturated carbocycles. The standard InChI is InChI=1S/C20H24ClN7O2/c1-11-8-13(18(29)25-15-6-4-5-7-23-15)9-12(2)16(11)26-19(30)14-10-24-20(21)27-17(14)28(3)22/h4,6,8,10,13H,5,7,9,22H2,1-3H3,(H,26,30)(H,23,25,29). The lowest BCUT2D eigenvalue weighted by Crippen LogP contribution is -2.37. The van der Waals surface area contributed by atoms with Gasteiger partial charge >= 0.3 is 0 Å². The molecule has 1 atom stereocenters. The highest BCUT2D eigenvalue weighted by atomic mass is 35.5. The molecule has 0 bridgehead atoms. The van der Waals surface area contributed by atoms with Gasteiger partial charge in [-0.15, -0.1) is 0 Å². The van der Waals surface area contributed by atoms with Crippen LogP contribution in [0.4, 0.5) is 5.82 Å². The van der Waals surface area contributed by atoms with Crippen molar-refractivity contribution in [3.05, 3.63) is 52.1 Å². The first-order valence-electron chi connectivity index (χ1n) is 9.49. The maximum absolute atomic E-state index is 12.8. The highest BCUT2D eigenvalue weighted by molar-refractivity contribution is 6.28. The van der Waals surface area contributed by atoms with Crippen molar-refractivity contribution in [1.29, 1.82) is 0 Å². The number of anilines is 1. The number of rotatable bonds is 4. The molecule has 1 aliphatic heterocycles. The first-order chi connectivity index (χ1) is 14.3. The number of nitrogens with zero attached hydrogens (tertiary/aromatic N) is 4. The van der Waals surface area contributed by atoms with E-state index in [0.717, 1.165) is 17.6 Å². The quantitative estimate of drug-likeness (QED) is 0.381. The van der Waals surface area contributed by atoms with Crippen molar-refractivity contribution in [3.63, 3.8) is 0 Å². The van der Waals surface area contributed by atoms with Crippen LogP contribution in [0.3, 0.4) is 0 Å². The number of aliphatic imine (C=N–C) groups is 1. The van der Waals surface area contributed by atoms with Crippen LogP contribution in [-0.4, -0.2) is 41.2 Å². The number of hydrogen-bond acceptors (Lipinski definition) is 7. The number of nitrogens with two attached hydrogens (primary N) is 1. The molecular formula is C20H24ClN7O2. The monoisotopic (exact) mass is 429 g/mol. The van der Waals surface area contributed by atoms with Crippen LogP contribution in [0.5, 0.6) is 0 Å². The number of amidine groups is 1. The van der Waals surface area contributed by atoms with Crippen LogP contribution in [0.15, 0.2) is 46.3 Å². The number of amides is 2. The summed E-state index contributed by atoms with van der Waals surface area (Å²) in [5.74, 6) is 5.68. The van der Waals surface area contributed by atoms with Gasteiger partial charge in [0.1, 0.15) is 11.4 Å². The average Bonchev–Trinajstić information content (AvgIpc) is 2.71. The minimum atomic E-state index is -0.411. The van der Waals surface area contributed by atoms with Gasteiger partial charge < -0.3 is 10.6 Å². The summed E-state index contributed by atoms with van der Waals surface area (Å²) in [6.07, 6.45) is 8.34. The number of halogens is 1. The summed E-state index contributed by atoms with van der Waals surface area (Å²) in [7, 11) is 1.56. The highest BCUT2D eigenvalue weighted by Gasteiger charge is 2.26. The Morgan fingerprint density at radius 3 is 2.70 bits per heavy atom. The second kappa shape index (κ2) is 9.19. The SMILES string of the molecule is CC1=CC(C(=O)NC2=NCCC=C2)CC(C)=C1NC(=O)c1cnc(Cl)nc1N(C)N. The summed E-state index contributed by atoms with van der Waals surface area (Å²) in [6.45, 7) is 4.42. The third-order valence-electron chi connectivity index (χ3n) is 4.80. The maximum atomic E-state index is 12.8. The van der Waals surface area contributed by atoms with E-state index in [1.54, 1.807) is 7.05 Å². The molecule has 4 N–H and O–H groups in total. The van der Waals surface area contributed by atoms with Crippen molar-refractivity contribution in [2.75, 3.05) is 18.6 Å². The van der Waals surface area contributed by atoms with E-state index in [1.807, 2.05) is 32.1 Å². The van der Waals surface area contributed by atoms with Crippen LogP contribution in [0, 0.1) is 5.92 Å². The summed E-state index contributed by atoms with van der Waals surface area (Å²) in [5, 5.41) is 6.95. The molecule has 10 heteroatoms. The van der Waals surface area contributed by atoms with Gasteiger partial charge in [-0.3, -0.25) is 19.6 Å². The number of dihydropyridines is 1. The Balaban J connectivity index is 1.74. The van der Waals surface area contributed by atoms with E-state index in [2.05, 4.69) is 25.6 Å². The van der Waals surface area contributed by atoms with Gasteiger partial charge in [-0.2, -0.15) is 4.98 Å². The molecule has 1 unspecified atom stereocenters. The van der Waals surface area contributed by atoms with Gasteiger partial charge in [0.25, 0.3) is 5.91 Å². The van der Waals surface area contributed by atoms with E-state index in [0.29, 0.717) is 24.5 Å². The molecule has 0 radical (unpaired) electrons. The topological polar surface area (TPSA) is 126 Å². The van der Waals surface area contributed by atoms with E-state index >= 15 is 0 Å². The number of hydrazine groups is 1. The Labute approximate surface area is 179 Å². The fourth-order valence-electron chi connectivity index (χ4n) is 3.36. The molecule has 158 valence electrons. The molecule has 1 aliphatic carbocycles. The van der Waals surface area contributed by atoms with Crippen LogP contribution >= 0.6 is 11.6 Å². The second-order valence-electron chi connectivity index (χ2n) is 7.20. The zero-order chi connectivity index (χ0) is 21.8. The largest absolute Gasteiger partial charge is 0.322 e. The Kier molecular flexibility index (Phi) is 6.63. The summed E-state index contributed by atoms with van der Waals surface area (Å²) >= 11 is 5.81. The molecule has 2 aliphatic rings. The predicted octanol–water partition coefficient (Wildman–Crippen LogP) is 1.88. The minimum absolute atomic E-state index is 0.00532. The van der Waals surface area contributed by atoms with E-state index in [-0.39, 0.29) is 28.5 Å². The Bertz CT molecular complexity index is 995. The van der Waals surface area contributed by atoms with Gasteiger partial charge in [0.2, 0.25) is 11.2 Å². The number of carbonyl (C=O) groups excluding carboxylic acids is 2. The summed E-state index contributed by atoms with van der Waals surface area (Å²) in [6, 6.07) is 0. The van der Waals surface area contributed by atoms with Gasteiger partial charge in [0, 0.05) is 25.5 Å². The number of nitrogens with one attached hydrogen (secondary N) is 2. The molecule has 2 heterocycles. The van der Waals surface area contributed by atoms with Crippen LogP contribution < -0.4 is 21.5 Å². The summed E-state index contributed by atoms with van der Waals surface area (Å²) in [4.78, 5) is 37.6. The lowest BCUT2D eigenvalue weighted by atomic mass is 9.88. The van der Waals surface area contributed by atoms with Gasteiger partial charge in [-0.05, 0) is 55.5 Å². The molecular weight excluding hydrogens is 406 g/mol. The van der Waals surface area contributed by atoms with Crippen molar-refractivity contribution in [2.45, 2.75) is 26.7 Å². The van der Waals surface area contributed by atoms with Crippen LogP contribution in [0.1, 0.15) is 37.0 Å². The third-order valence-corrected chi connectivity index (χ3v) is 4.98. The Morgan fingerprint density at radius 2 is 2.07 bits per heavy atom. The molecule has 0 saturated heterocycles. The number of aromatic nitrogens is 2.